The monoisotopic (exact) mass is 314 g/mol. The fourth-order valence-electron chi connectivity index (χ4n) is 2.77. The lowest BCUT2D eigenvalue weighted by molar-refractivity contribution is -0.115. The summed E-state index contributed by atoms with van der Waals surface area (Å²) < 4.78 is 5.37. The van der Waals surface area contributed by atoms with Gasteiger partial charge >= 0.3 is 0 Å². The Morgan fingerprint density at radius 2 is 2.13 bits per heavy atom. The molecule has 1 amide bonds. The highest BCUT2D eigenvalue weighted by Crippen LogP contribution is 2.28. The van der Waals surface area contributed by atoms with Crippen molar-refractivity contribution in [3.8, 4) is 0 Å². The van der Waals surface area contributed by atoms with Gasteiger partial charge < -0.3 is 15.2 Å². The summed E-state index contributed by atoms with van der Waals surface area (Å²) in [6, 6.07) is 7.67. The Balaban J connectivity index is 1.62. The van der Waals surface area contributed by atoms with Crippen LogP contribution in [0.5, 0.6) is 0 Å². The second-order valence-electron chi connectivity index (χ2n) is 6.32. The van der Waals surface area contributed by atoms with Crippen molar-refractivity contribution < 1.29 is 9.32 Å². The first-order valence-electron chi connectivity index (χ1n) is 8.00. The summed E-state index contributed by atoms with van der Waals surface area (Å²) in [5.74, 6) is 0.830. The van der Waals surface area contributed by atoms with E-state index in [4.69, 9.17) is 4.52 Å². The van der Waals surface area contributed by atoms with Crippen molar-refractivity contribution in [3.05, 3.63) is 41.5 Å². The molecule has 3 rings (SSSR count). The minimum atomic E-state index is -0.281. The average Bonchev–Trinajstić information content (AvgIpc) is 2.99. The molecule has 6 nitrogen and oxygen atoms in total. The summed E-state index contributed by atoms with van der Waals surface area (Å²) in [4.78, 5) is 16.5. The Labute approximate surface area is 135 Å². The van der Waals surface area contributed by atoms with Gasteiger partial charge in [-0.25, -0.2) is 0 Å². The summed E-state index contributed by atoms with van der Waals surface area (Å²) >= 11 is 0. The van der Waals surface area contributed by atoms with Crippen molar-refractivity contribution in [1.82, 2.24) is 15.5 Å². The molecular weight excluding hydrogens is 292 g/mol. The van der Waals surface area contributed by atoms with Gasteiger partial charge in [0, 0.05) is 5.69 Å². The Morgan fingerprint density at radius 3 is 2.83 bits per heavy atom. The van der Waals surface area contributed by atoms with E-state index in [0.717, 1.165) is 37.1 Å². The first kappa shape index (κ1) is 15.7. The molecule has 1 unspecified atom stereocenters. The van der Waals surface area contributed by atoms with Crippen LogP contribution >= 0.6 is 0 Å². The van der Waals surface area contributed by atoms with Gasteiger partial charge in [-0.1, -0.05) is 22.9 Å². The molecule has 2 aromatic rings. The number of nitrogens with zero attached hydrogens (tertiary/aromatic N) is 2. The van der Waals surface area contributed by atoms with E-state index >= 15 is 0 Å². The summed E-state index contributed by atoms with van der Waals surface area (Å²) in [5, 5.41) is 10.2. The van der Waals surface area contributed by atoms with Crippen molar-refractivity contribution in [2.24, 2.45) is 0 Å². The summed E-state index contributed by atoms with van der Waals surface area (Å²) in [7, 11) is 0. The molecule has 2 N–H and O–H groups in total. The Bertz CT molecular complexity index is 672. The highest BCUT2D eigenvalue weighted by molar-refractivity contribution is 5.91. The van der Waals surface area contributed by atoms with Gasteiger partial charge in [0.05, 0.1) is 12.0 Å². The number of carbonyl (C=O) groups excluding carboxylic acids is 1. The van der Waals surface area contributed by atoms with Crippen LogP contribution in [0, 0.1) is 6.92 Å². The predicted octanol–water partition coefficient (Wildman–Crippen LogP) is 2.55. The quantitative estimate of drug-likeness (QED) is 0.906. The van der Waals surface area contributed by atoms with Crippen LogP contribution in [-0.4, -0.2) is 22.6 Å². The highest BCUT2D eigenvalue weighted by atomic mass is 16.5. The zero-order valence-corrected chi connectivity index (χ0v) is 13.6. The third-order valence-electron chi connectivity index (χ3n) is 4.21. The average molecular weight is 314 g/mol. The molecule has 0 spiro atoms. The van der Waals surface area contributed by atoms with E-state index in [0.29, 0.717) is 11.7 Å². The van der Waals surface area contributed by atoms with Gasteiger partial charge in [-0.15, -0.1) is 0 Å². The van der Waals surface area contributed by atoms with E-state index in [1.165, 1.54) is 0 Å². The van der Waals surface area contributed by atoms with E-state index in [2.05, 4.69) is 27.7 Å². The maximum absolute atomic E-state index is 12.1. The minimum Gasteiger partial charge on any atom is -0.337 e. The number of hydrogen-bond donors (Lipinski definition) is 2. The van der Waals surface area contributed by atoms with Crippen LogP contribution in [0.15, 0.2) is 28.8 Å². The maximum atomic E-state index is 12.1. The van der Waals surface area contributed by atoms with Gasteiger partial charge in [-0.3, -0.25) is 4.79 Å². The largest absolute Gasteiger partial charge is 0.337 e. The summed E-state index contributed by atoms with van der Waals surface area (Å²) in [6.45, 7) is 5.02. The molecule has 0 saturated carbocycles. The molecule has 1 atom stereocenters. The minimum absolute atomic E-state index is 0.105. The van der Waals surface area contributed by atoms with E-state index < -0.39 is 0 Å². The van der Waals surface area contributed by atoms with Crippen molar-refractivity contribution in [2.45, 2.75) is 45.1 Å². The highest BCUT2D eigenvalue weighted by Gasteiger charge is 2.34. The third-order valence-corrected chi connectivity index (χ3v) is 4.21. The molecule has 1 aromatic heterocycles. The molecule has 23 heavy (non-hydrogen) atoms. The fourth-order valence-corrected chi connectivity index (χ4v) is 2.77. The number of hydrogen-bond acceptors (Lipinski definition) is 5. The van der Waals surface area contributed by atoms with Crippen LogP contribution in [0.4, 0.5) is 5.69 Å². The molecule has 1 aliphatic heterocycles. The number of anilines is 1. The standard InChI is InChI=1S/C17H22N4O2/c1-12-5-7-13(8-6-12)19-15(22)11-14-20-16(23-21-14)17(2)9-3-4-10-18-17/h5-8,18H,3-4,9-11H2,1-2H3,(H,19,22). The van der Waals surface area contributed by atoms with Crippen molar-refractivity contribution in [3.63, 3.8) is 0 Å². The molecule has 122 valence electrons. The van der Waals surface area contributed by atoms with Crippen molar-refractivity contribution >= 4 is 11.6 Å². The molecular formula is C17H22N4O2. The molecule has 0 aliphatic carbocycles. The lowest BCUT2D eigenvalue weighted by atomic mass is 9.91. The van der Waals surface area contributed by atoms with Gasteiger partial charge in [-0.2, -0.15) is 4.98 Å². The number of piperidine rings is 1. The van der Waals surface area contributed by atoms with Crippen LogP contribution < -0.4 is 10.6 Å². The van der Waals surface area contributed by atoms with Gasteiger partial charge in [0.1, 0.15) is 0 Å². The number of nitrogens with one attached hydrogen (secondary N) is 2. The zero-order chi connectivity index (χ0) is 16.3. The van der Waals surface area contributed by atoms with Gasteiger partial charge in [0.15, 0.2) is 5.82 Å². The molecule has 1 fully saturated rings. The number of aryl methyl sites for hydroxylation is 1. The fraction of sp³-hybridized carbons (Fsp3) is 0.471. The smallest absolute Gasteiger partial charge is 0.246 e. The van der Waals surface area contributed by atoms with Gasteiger partial charge in [0.2, 0.25) is 11.8 Å². The number of aromatic nitrogens is 2. The molecule has 1 aromatic carbocycles. The molecule has 0 radical (unpaired) electrons. The van der Waals surface area contributed by atoms with Crippen molar-refractivity contribution in [2.75, 3.05) is 11.9 Å². The second-order valence-corrected chi connectivity index (χ2v) is 6.32. The van der Waals surface area contributed by atoms with Gasteiger partial charge in [-0.05, 0) is 51.8 Å². The van der Waals surface area contributed by atoms with Crippen LogP contribution in [0.1, 0.15) is 43.5 Å². The molecule has 2 heterocycles. The van der Waals surface area contributed by atoms with Crippen LogP contribution in [0.2, 0.25) is 0 Å². The second kappa shape index (κ2) is 6.50. The third kappa shape index (κ3) is 3.76. The van der Waals surface area contributed by atoms with E-state index in [1.807, 2.05) is 31.2 Å². The van der Waals surface area contributed by atoms with Crippen LogP contribution in [0.25, 0.3) is 0 Å². The molecule has 0 bridgehead atoms. The predicted molar refractivity (Wildman–Crippen MR) is 87.0 cm³/mol. The Kier molecular flexibility index (Phi) is 4.43. The number of amides is 1. The lowest BCUT2D eigenvalue weighted by Crippen LogP contribution is -2.43. The topological polar surface area (TPSA) is 80.0 Å². The Hall–Kier alpha value is -2.21. The van der Waals surface area contributed by atoms with Crippen LogP contribution in [-0.2, 0) is 16.8 Å². The molecule has 6 heteroatoms. The number of rotatable bonds is 4. The van der Waals surface area contributed by atoms with E-state index in [9.17, 15) is 4.79 Å². The first-order chi connectivity index (χ1) is 11.0. The van der Waals surface area contributed by atoms with Crippen molar-refractivity contribution in [1.29, 1.82) is 0 Å². The van der Waals surface area contributed by atoms with Crippen LogP contribution in [0.3, 0.4) is 0 Å². The number of benzene rings is 1. The van der Waals surface area contributed by atoms with E-state index in [1.54, 1.807) is 0 Å². The maximum Gasteiger partial charge on any atom is 0.246 e. The molecule has 1 aliphatic rings. The first-order valence-corrected chi connectivity index (χ1v) is 8.00. The van der Waals surface area contributed by atoms with Gasteiger partial charge in [0.25, 0.3) is 0 Å². The van der Waals surface area contributed by atoms with E-state index in [-0.39, 0.29) is 17.9 Å². The lowest BCUT2D eigenvalue weighted by Gasteiger charge is -2.31. The SMILES string of the molecule is Cc1ccc(NC(=O)Cc2noc(C3(C)CCCCN3)n2)cc1. The Morgan fingerprint density at radius 1 is 1.35 bits per heavy atom. The summed E-state index contributed by atoms with van der Waals surface area (Å²) in [5.41, 5.74) is 1.64. The normalized spacial score (nSPS) is 21.1. The molecule has 1 saturated heterocycles. The zero-order valence-electron chi connectivity index (χ0n) is 13.6. The number of carbonyl (C=O) groups is 1. The summed E-state index contributed by atoms with van der Waals surface area (Å²) in [6.07, 6.45) is 3.36.